The third-order valence-corrected chi connectivity index (χ3v) is 4.98. The SMILES string of the molecule is O=C(Nc1ccc(Cl)cc1C(=O)N1CCCC1)c1ccn(-c2cccc(F)c2)n1. The Bertz CT molecular complexity index is 1080. The van der Waals surface area contributed by atoms with Crippen LogP contribution in [0.1, 0.15) is 33.7 Å². The molecule has 1 fully saturated rings. The molecule has 29 heavy (non-hydrogen) atoms. The number of hydrogen-bond donors (Lipinski definition) is 1. The molecule has 0 aliphatic carbocycles. The number of aromatic nitrogens is 2. The van der Waals surface area contributed by atoms with Crippen molar-refractivity contribution < 1.29 is 14.0 Å². The molecule has 1 N–H and O–H groups in total. The van der Waals surface area contributed by atoms with Crippen molar-refractivity contribution in [2.75, 3.05) is 18.4 Å². The molecule has 0 bridgehead atoms. The van der Waals surface area contributed by atoms with Gasteiger partial charge >= 0.3 is 0 Å². The number of nitrogens with one attached hydrogen (secondary N) is 1. The highest BCUT2D eigenvalue weighted by Gasteiger charge is 2.23. The first kappa shape index (κ1) is 19.1. The fourth-order valence-electron chi connectivity index (χ4n) is 3.29. The van der Waals surface area contributed by atoms with Crippen LogP contribution >= 0.6 is 11.6 Å². The highest BCUT2D eigenvalue weighted by Crippen LogP contribution is 2.24. The van der Waals surface area contributed by atoms with Crippen LogP contribution in [-0.2, 0) is 0 Å². The number of hydrogen-bond acceptors (Lipinski definition) is 3. The van der Waals surface area contributed by atoms with Crippen LogP contribution in [0, 0.1) is 5.82 Å². The number of nitrogens with zero attached hydrogens (tertiary/aromatic N) is 3. The van der Waals surface area contributed by atoms with Crippen LogP contribution in [0.25, 0.3) is 5.69 Å². The summed E-state index contributed by atoms with van der Waals surface area (Å²) in [5.74, 6) is -1.03. The monoisotopic (exact) mass is 412 g/mol. The molecule has 1 saturated heterocycles. The molecule has 1 aromatic heterocycles. The van der Waals surface area contributed by atoms with Gasteiger partial charge in [-0.1, -0.05) is 17.7 Å². The van der Waals surface area contributed by atoms with Gasteiger partial charge in [-0.2, -0.15) is 5.10 Å². The Kier molecular flexibility index (Phi) is 5.31. The minimum Gasteiger partial charge on any atom is -0.339 e. The summed E-state index contributed by atoms with van der Waals surface area (Å²) >= 11 is 6.08. The smallest absolute Gasteiger partial charge is 0.276 e. The quantitative estimate of drug-likeness (QED) is 0.699. The van der Waals surface area contributed by atoms with Gasteiger partial charge in [0.2, 0.25) is 0 Å². The summed E-state index contributed by atoms with van der Waals surface area (Å²) in [6, 6.07) is 12.2. The fraction of sp³-hybridized carbons (Fsp3) is 0.190. The zero-order valence-electron chi connectivity index (χ0n) is 15.4. The average Bonchev–Trinajstić information content (AvgIpc) is 3.41. The Hall–Kier alpha value is -3.19. The van der Waals surface area contributed by atoms with Gasteiger partial charge in [-0.3, -0.25) is 9.59 Å². The van der Waals surface area contributed by atoms with Gasteiger partial charge in [0.1, 0.15) is 5.82 Å². The average molecular weight is 413 g/mol. The van der Waals surface area contributed by atoms with Crippen LogP contribution in [0.15, 0.2) is 54.7 Å². The lowest BCUT2D eigenvalue weighted by Gasteiger charge is -2.18. The Morgan fingerprint density at radius 1 is 1.07 bits per heavy atom. The first-order valence-corrected chi connectivity index (χ1v) is 9.61. The lowest BCUT2D eigenvalue weighted by molar-refractivity contribution is 0.0794. The van der Waals surface area contributed by atoms with Gasteiger partial charge in [0.15, 0.2) is 5.69 Å². The molecule has 2 aromatic carbocycles. The number of carbonyl (C=O) groups is 2. The topological polar surface area (TPSA) is 67.2 Å². The van der Waals surface area contributed by atoms with Crippen molar-refractivity contribution in [1.29, 1.82) is 0 Å². The third-order valence-electron chi connectivity index (χ3n) is 4.75. The highest BCUT2D eigenvalue weighted by molar-refractivity contribution is 6.31. The van der Waals surface area contributed by atoms with Crippen LogP contribution in [0.4, 0.5) is 10.1 Å². The molecule has 1 aliphatic heterocycles. The minimum absolute atomic E-state index is 0.142. The van der Waals surface area contributed by atoms with Crippen LogP contribution in [-0.4, -0.2) is 39.6 Å². The molecule has 8 heteroatoms. The van der Waals surface area contributed by atoms with Crippen molar-refractivity contribution in [2.45, 2.75) is 12.8 Å². The van der Waals surface area contributed by atoms with Gasteiger partial charge in [0, 0.05) is 24.3 Å². The number of likely N-dealkylation sites (tertiary alicyclic amines) is 1. The normalized spacial score (nSPS) is 13.5. The molecular weight excluding hydrogens is 395 g/mol. The number of rotatable bonds is 4. The Labute approximate surface area is 171 Å². The maximum Gasteiger partial charge on any atom is 0.276 e. The predicted molar refractivity (Wildman–Crippen MR) is 108 cm³/mol. The second kappa shape index (κ2) is 8.05. The molecule has 2 heterocycles. The van der Waals surface area contributed by atoms with Crippen molar-refractivity contribution in [3.8, 4) is 5.69 Å². The van der Waals surface area contributed by atoms with Gasteiger partial charge in [-0.05, 0) is 55.3 Å². The van der Waals surface area contributed by atoms with Crippen molar-refractivity contribution in [1.82, 2.24) is 14.7 Å². The van der Waals surface area contributed by atoms with Crippen LogP contribution in [0.3, 0.4) is 0 Å². The maximum absolute atomic E-state index is 13.4. The molecule has 0 atom stereocenters. The molecule has 0 saturated carbocycles. The first-order valence-electron chi connectivity index (χ1n) is 9.23. The number of amides is 2. The van der Waals surface area contributed by atoms with Crippen LogP contribution in [0.5, 0.6) is 0 Å². The Morgan fingerprint density at radius 3 is 2.62 bits per heavy atom. The van der Waals surface area contributed by atoms with Gasteiger partial charge in [-0.15, -0.1) is 0 Å². The molecule has 1 aliphatic rings. The molecule has 148 valence electrons. The van der Waals surface area contributed by atoms with Gasteiger partial charge in [-0.25, -0.2) is 9.07 Å². The summed E-state index contributed by atoms with van der Waals surface area (Å²) in [5.41, 5.74) is 1.36. The van der Waals surface area contributed by atoms with Crippen molar-refractivity contribution in [2.24, 2.45) is 0 Å². The number of benzene rings is 2. The standard InChI is InChI=1S/C21H18ClFN4O2/c22-14-6-7-18(17(12-14)21(29)26-9-1-2-10-26)24-20(28)19-8-11-27(25-19)16-5-3-4-15(23)13-16/h3-8,11-13H,1-2,9-10H2,(H,24,28). The second-order valence-electron chi connectivity index (χ2n) is 6.77. The van der Waals surface area contributed by atoms with Crippen LogP contribution < -0.4 is 5.32 Å². The lowest BCUT2D eigenvalue weighted by Crippen LogP contribution is -2.29. The van der Waals surface area contributed by atoms with E-state index in [9.17, 15) is 14.0 Å². The number of carbonyl (C=O) groups excluding carboxylic acids is 2. The van der Waals surface area contributed by atoms with Gasteiger partial charge < -0.3 is 10.2 Å². The molecule has 0 spiro atoms. The van der Waals surface area contributed by atoms with E-state index in [-0.39, 0.29) is 11.6 Å². The summed E-state index contributed by atoms with van der Waals surface area (Å²) in [4.78, 5) is 27.3. The number of halogens is 2. The van der Waals surface area contributed by atoms with E-state index in [0.29, 0.717) is 35.1 Å². The largest absolute Gasteiger partial charge is 0.339 e. The van der Waals surface area contributed by atoms with E-state index in [0.717, 1.165) is 12.8 Å². The number of anilines is 1. The van der Waals surface area contributed by atoms with Crippen molar-refractivity contribution >= 4 is 29.1 Å². The van der Waals surface area contributed by atoms with E-state index in [1.807, 2.05) is 0 Å². The summed E-state index contributed by atoms with van der Waals surface area (Å²) in [7, 11) is 0. The van der Waals surface area contributed by atoms with E-state index >= 15 is 0 Å². The molecule has 0 radical (unpaired) electrons. The maximum atomic E-state index is 13.4. The lowest BCUT2D eigenvalue weighted by atomic mass is 10.1. The Morgan fingerprint density at radius 2 is 1.86 bits per heavy atom. The zero-order valence-corrected chi connectivity index (χ0v) is 16.2. The van der Waals surface area contributed by atoms with Gasteiger partial charge in [0.25, 0.3) is 11.8 Å². The van der Waals surface area contributed by atoms with Crippen LogP contribution in [0.2, 0.25) is 5.02 Å². The predicted octanol–water partition coefficient (Wildman–Crippen LogP) is 4.15. The molecule has 0 unspecified atom stereocenters. The first-order chi connectivity index (χ1) is 14.0. The zero-order chi connectivity index (χ0) is 20.4. The molecule has 4 rings (SSSR count). The third kappa shape index (κ3) is 4.14. The summed E-state index contributed by atoms with van der Waals surface area (Å²) in [6.07, 6.45) is 3.50. The molecule has 6 nitrogen and oxygen atoms in total. The molecule has 3 aromatic rings. The minimum atomic E-state index is -0.474. The van der Waals surface area contributed by atoms with Crippen molar-refractivity contribution in [3.63, 3.8) is 0 Å². The fourth-order valence-corrected chi connectivity index (χ4v) is 3.46. The van der Waals surface area contributed by atoms with E-state index < -0.39 is 11.7 Å². The van der Waals surface area contributed by atoms with E-state index in [2.05, 4.69) is 10.4 Å². The Balaban J connectivity index is 1.57. The summed E-state index contributed by atoms with van der Waals surface area (Å²) in [6.45, 7) is 1.38. The highest BCUT2D eigenvalue weighted by atomic mass is 35.5. The van der Waals surface area contributed by atoms with Gasteiger partial charge in [0.05, 0.1) is 16.9 Å². The molecule has 2 amide bonds. The van der Waals surface area contributed by atoms with Crippen molar-refractivity contribution in [3.05, 3.63) is 76.8 Å². The molecular formula is C21H18ClFN4O2. The summed E-state index contributed by atoms with van der Waals surface area (Å²) < 4.78 is 14.8. The van der Waals surface area contributed by atoms with E-state index in [1.54, 1.807) is 41.4 Å². The van der Waals surface area contributed by atoms with E-state index in [4.69, 9.17) is 11.6 Å². The van der Waals surface area contributed by atoms with E-state index in [1.165, 1.54) is 22.9 Å². The summed E-state index contributed by atoms with van der Waals surface area (Å²) in [5, 5.41) is 7.36. The second-order valence-corrected chi connectivity index (χ2v) is 7.21.